The van der Waals surface area contributed by atoms with Crippen LogP contribution >= 0.6 is 0 Å². The van der Waals surface area contributed by atoms with Gasteiger partial charge < -0.3 is 13.9 Å². The quantitative estimate of drug-likeness (QED) is 0.782. The summed E-state index contributed by atoms with van der Waals surface area (Å²) in [4.78, 5) is 11.6. The molecule has 0 saturated carbocycles. The Labute approximate surface area is 116 Å². The van der Waals surface area contributed by atoms with Gasteiger partial charge in [0, 0.05) is 13.0 Å². The lowest BCUT2D eigenvalue weighted by Crippen LogP contribution is -2.07. The summed E-state index contributed by atoms with van der Waals surface area (Å²) < 4.78 is 16.2. The van der Waals surface area contributed by atoms with Crippen LogP contribution in [0.1, 0.15) is 42.1 Å². The zero-order valence-electron chi connectivity index (χ0n) is 11.8. The van der Waals surface area contributed by atoms with Gasteiger partial charge in [0.1, 0.15) is 11.5 Å². The third kappa shape index (κ3) is 2.96. The van der Waals surface area contributed by atoms with E-state index in [1.807, 2.05) is 0 Å². The topological polar surface area (TPSA) is 74.5 Å². The number of ketones is 1. The highest BCUT2D eigenvalue weighted by Crippen LogP contribution is 2.29. The molecule has 2 rings (SSSR count). The highest BCUT2D eigenvalue weighted by atomic mass is 16.5. The molecule has 106 valence electrons. The molecule has 0 spiro atoms. The molecule has 20 heavy (non-hydrogen) atoms. The van der Waals surface area contributed by atoms with E-state index in [-0.39, 0.29) is 5.78 Å². The van der Waals surface area contributed by atoms with Gasteiger partial charge in [-0.1, -0.05) is 0 Å². The molecule has 1 aromatic carbocycles. The van der Waals surface area contributed by atoms with Gasteiger partial charge in [-0.15, -0.1) is 10.2 Å². The maximum absolute atomic E-state index is 11.6. The Morgan fingerprint density at radius 2 is 2.10 bits per heavy atom. The first kappa shape index (κ1) is 14.0. The molecule has 0 N–H and O–H groups in total. The smallest absolute Gasteiger partial charge is 0.256 e. The minimum atomic E-state index is -0.457. The molecule has 0 fully saturated rings. The second-order valence-electron chi connectivity index (χ2n) is 4.34. The molecule has 0 radical (unpaired) electrons. The number of carbonyl (C=O) groups is 1. The maximum Gasteiger partial charge on any atom is 0.256 e. The molecule has 0 aliphatic carbocycles. The van der Waals surface area contributed by atoms with Crippen LogP contribution in [0.4, 0.5) is 0 Å². The van der Waals surface area contributed by atoms with Crippen molar-refractivity contribution in [1.82, 2.24) is 10.2 Å². The number of carbonyl (C=O) groups excluding carboxylic acids is 1. The number of hydrogen-bond donors (Lipinski definition) is 0. The Hall–Kier alpha value is -2.37. The van der Waals surface area contributed by atoms with Crippen LogP contribution in [0, 0.1) is 6.92 Å². The van der Waals surface area contributed by atoms with Crippen LogP contribution in [-0.2, 0) is 0 Å². The van der Waals surface area contributed by atoms with Gasteiger partial charge in [0.2, 0.25) is 5.89 Å². The minimum absolute atomic E-state index is 0.0865. The monoisotopic (exact) mass is 276 g/mol. The number of Topliss-reactive ketones (excluding diaryl/α,β-unsaturated/α-hetero) is 1. The maximum atomic E-state index is 11.6. The average molecular weight is 276 g/mol. The molecule has 0 aliphatic heterocycles. The summed E-state index contributed by atoms with van der Waals surface area (Å²) in [7, 11) is 1.55. The molecule has 0 bridgehead atoms. The number of nitrogens with zero attached hydrogens (tertiary/aromatic N) is 2. The Balaban J connectivity index is 2.29. The van der Waals surface area contributed by atoms with Crippen molar-refractivity contribution in [3.8, 4) is 11.5 Å². The minimum Gasteiger partial charge on any atom is -0.497 e. The van der Waals surface area contributed by atoms with Crippen LogP contribution in [0.15, 0.2) is 22.6 Å². The van der Waals surface area contributed by atoms with Crippen molar-refractivity contribution < 1.29 is 18.7 Å². The zero-order chi connectivity index (χ0) is 14.7. The largest absolute Gasteiger partial charge is 0.497 e. The molecule has 0 amide bonds. The summed E-state index contributed by atoms with van der Waals surface area (Å²) in [6.07, 6.45) is -0.457. The Kier molecular flexibility index (Phi) is 4.02. The third-order valence-corrected chi connectivity index (χ3v) is 2.76. The van der Waals surface area contributed by atoms with Crippen molar-refractivity contribution in [2.75, 3.05) is 7.11 Å². The fourth-order valence-electron chi connectivity index (χ4n) is 1.73. The van der Waals surface area contributed by atoms with E-state index in [2.05, 4.69) is 10.2 Å². The van der Waals surface area contributed by atoms with Gasteiger partial charge in [0.25, 0.3) is 5.89 Å². The normalized spacial score (nSPS) is 12.0. The Morgan fingerprint density at radius 3 is 2.65 bits per heavy atom. The number of rotatable bonds is 5. The number of aromatic nitrogens is 2. The summed E-state index contributed by atoms with van der Waals surface area (Å²) in [5, 5.41) is 7.65. The molecule has 6 nitrogen and oxygen atoms in total. The fraction of sp³-hybridized carbons (Fsp3) is 0.357. The van der Waals surface area contributed by atoms with Gasteiger partial charge in [-0.2, -0.15) is 0 Å². The second-order valence-corrected chi connectivity index (χ2v) is 4.34. The molecular weight excluding hydrogens is 260 g/mol. The van der Waals surface area contributed by atoms with E-state index in [4.69, 9.17) is 13.9 Å². The standard InChI is InChI=1S/C14H16N2O4/c1-8(17)12-6-5-11(18-4)7-13(12)19-9(2)14-16-15-10(3)20-14/h5-7,9H,1-4H3/t9-/m1/s1. The van der Waals surface area contributed by atoms with Crippen LogP contribution in [0.5, 0.6) is 11.5 Å². The first-order chi connectivity index (χ1) is 9.51. The van der Waals surface area contributed by atoms with Crippen molar-refractivity contribution >= 4 is 5.78 Å². The van der Waals surface area contributed by atoms with Gasteiger partial charge in [-0.25, -0.2) is 0 Å². The van der Waals surface area contributed by atoms with Crippen LogP contribution in [0.2, 0.25) is 0 Å². The third-order valence-electron chi connectivity index (χ3n) is 2.76. The second kappa shape index (κ2) is 5.73. The summed E-state index contributed by atoms with van der Waals surface area (Å²) >= 11 is 0. The average Bonchev–Trinajstić information content (AvgIpc) is 2.85. The summed E-state index contributed by atoms with van der Waals surface area (Å²) in [6.45, 7) is 4.96. The lowest BCUT2D eigenvalue weighted by Gasteiger charge is -2.14. The summed E-state index contributed by atoms with van der Waals surface area (Å²) in [6, 6.07) is 5.05. The Bertz CT molecular complexity index is 621. The van der Waals surface area contributed by atoms with Gasteiger partial charge in [0.05, 0.1) is 12.7 Å². The van der Waals surface area contributed by atoms with Gasteiger partial charge in [0.15, 0.2) is 11.9 Å². The highest BCUT2D eigenvalue weighted by molar-refractivity contribution is 5.97. The van der Waals surface area contributed by atoms with E-state index in [1.165, 1.54) is 6.92 Å². The van der Waals surface area contributed by atoms with E-state index >= 15 is 0 Å². The predicted molar refractivity (Wildman–Crippen MR) is 71.1 cm³/mol. The Morgan fingerprint density at radius 1 is 1.35 bits per heavy atom. The first-order valence-corrected chi connectivity index (χ1v) is 6.17. The van der Waals surface area contributed by atoms with Crippen molar-refractivity contribution in [3.05, 3.63) is 35.5 Å². The van der Waals surface area contributed by atoms with Crippen molar-refractivity contribution in [1.29, 1.82) is 0 Å². The van der Waals surface area contributed by atoms with E-state index < -0.39 is 6.10 Å². The van der Waals surface area contributed by atoms with E-state index in [9.17, 15) is 4.79 Å². The molecule has 6 heteroatoms. The van der Waals surface area contributed by atoms with Gasteiger partial charge in [-0.05, 0) is 26.0 Å². The number of ether oxygens (including phenoxy) is 2. The van der Waals surface area contributed by atoms with Crippen LogP contribution in [-0.4, -0.2) is 23.1 Å². The lowest BCUT2D eigenvalue weighted by atomic mass is 10.1. The summed E-state index contributed by atoms with van der Waals surface area (Å²) in [5.41, 5.74) is 0.480. The fourth-order valence-corrected chi connectivity index (χ4v) is 1.73. The van der Waals surface area contributed by atoms with E-state index in [0.717, 1.165) is 0 Å². The highest BCUT2D eigenvalue weighted by Gasteiger charge is 2.18. The van der Waals surface area contributed by atoms with Crippen molar-refractivity contribution in [2.45, 2.75) is 26.9 Å². The SMILES string of the molecule is COc1ccc(C(C)=O)c(O[C@H](C)c2nnc(C)o2)c1. The number of benzene rings is 1. The van der Waals surface area contributed by atoms with Crippen molar-refractivity contribution in [2.24, 2.45) is 0 Å². The molecule has 0 aliphatic rings. The number of hydrogen-bond acceptors (Lipinski definition) is 6. The van der Waals surface area contributed by atoms with Crippen LogP contribution in [0.3, 0.4) is 0 Å². The molecule has 1 heterocycles. The van der Waals surface area contributed by atoms with E-state index in [0.29, 0.717) is 28.8 Å². The van der Waals surface area contributed by atoms with Crippen LogP contribution < -0.4 is 9.47 Å². The summed E-state index contributed by atoms with van der Waals surface area (Å²) in [5.74, 6) is 1.78. The lowest BCUT2D eigenvalue weighted by molar-refractivity contribution is 0.100. The molecular formula is C14H16N2O4. The molecule has 1 atom stereocenters. The number of aryl methyl sites for hydroxylation is 1. The molecule has 2 aromatic rings. The first-order valence-electron chi connectivity index (χ1n) is 6.17. The molecule has 1 aromatic heterocycles. The predicted octanol–water partition coefficient (Wildman–Crippen LogP) is 2.73. The van der Waals surface area contributed by atoms with Crippen molar-refractivity contribution in [3.63, 3.8) is 0 Å². The van der Waals surface area contributed by atoms with Gasteiger partial charge >= 0.3 is 0 Å². The van der Waals surface area contributed by atoms with Gasteiger partial charge in [-0.3, -0.25) is 4.79 Å². The van der Waals surface area contributed by atoms with Crippen LogP contribution in [0.25, 0.3) is 0 Å². The number of methoxy groups -OCH3 is 1. The zero-order valence-corrected chi connectivity index (χ0v) is 11.8. The van der Waals surface area contributed by atoms with E-state index in [1.54, 1.807) is 39.2 Å². The molecule has 0 saturated heterocycles. The molecule has 0 unspecified atom stereocenters.